The fourth-order valence-corrected chi connectivity index (χ4v) is 4.98. The molecule has 2 fully saturated rings. The van der Waals surface area contributed by atoms with Crippen LogP contribution in [-0.4, -0.2) is 57.6 Å². The van der Waals surface area contributed by atoms with Gasteiger partial charge in [0.1, 0.15) is 12.1 Å². The highest BCUT2D eigenvalue weighted by Crippen LogP contribution is 2.23. The summed E-state index contributed by atoms with van der Waals surface area (Å²) >= 11 is 0. The van der Waals surface area contributed by atoms with Crippen LogP contribution in [0.5, 0.6) is 0 Å². The number of likely N-dealkylation sites (tertiary alicyclic amines) is 1. The second kappa shape index (κ2) is 12.0. The summed E-state index contributed by atoms with van der Waals surface area (Å²) in [7, 11) is 0. The number of amides is 2. The number of H-pyrrole nitrogens is 1. The third-order valence-electron chi connectivity index (χ3n) is 6.95. The van der Waals surface area contributed by atoms with Crippen LogP contribution in [-0.2, 0) is 38.5 Å². The Morgan fingerprint density at radius 2 is 1.79 bits per heavy atom. The van der Waals surface area contributed by atoms with Gasteiger partial charge < -0.3 is 24.7 Å². The van der Waals surface area contributed by atoms with Crippen molar-refractivity contribution >= 4 is 17.8 Å². The molecular weight excluding hydrogens is 484 g/mol. The van der Waals surface area contributed by atoms with Crippen LogP contribution >= 0.6 is 0 Å². The zero-order valence-corrected chi connectivity index (χ0v) is 21.2. The first-order chi connectivity index (χ1) is 18.6. The molecule has 3 aromatic rings. The van der Waals surface area contributed by atoms with Crippen molar-refractivity contribution in [3.8, 4) is 0 Å². The number of imidazole rings is 1. The number of esters is 1. The molecule has 2 N–H and O–H groups in total. The quantitative estimate of drug-likeness (QED) is 0.400. The third-order valence-corrected chi connectivity index (χ3v) is 6.95. The molecule has 2 aliphatic rings. The van der Waals surface area contributed by atoms with Crippen molar-refractivity contribution in [2.75, 3.05) is 6.54 Å². The van der Waals surface area contributed by atoms with Crippen molar-refractivity contribution in [2.24, 2.45) is 0 Å². The monoisotopic (exact) mass is 516 g/mol. The number of rotatable bonds is 10. The molecule has 0 aliphatic carbocycles. The molecule has 2 aromatic carbocycles. The molecule has 5 rings (SSSR count). The molecule has 0 saturated carbocycles. The Morgan fingerprint density at radius 3 is 2.55 bits per heavy atom. The Balaban J connectivity index is 1.15. The molecule has 0 spiro atoms. The van der Waals surface area contributed by atoms with E-state index >= 15 is 0 Å². The van der Waals surface area contributed by atoms with Crippen LogP contribution in [0.15, 0.2) is 66.9 Å². The molecule has 9 heteroatoms. The summed E-state index contributed by atoms with van der Waals surface area (Å²) in [5.41, 5.74) is 3.10. The highest BCUT2D eigenvalue weighted by Gasteiger charge is 2.41. The van der Waals surface area contributed by atoms with Crippen molar-refractivity contribution in [3.63, 3.8) is 0 Å². The normalized spacial score (nSPS) is 20.9. The Hall–Kier alpha value is -3.98. The van der Waals surface area contributed by atoms with Gasteiger partial charge in [0.25, 0.3) is 5.91 Å². The van der Waals surface area contributed by atoms with Gasteiger partial charge in [0.2, 0.25) is 12.2 Å². The molecular formula is C29H32N4O5. The number of benzene rings is 2. The Morgan fingerprint density at radius 1 is 1.05 bits per heavy atom. The lowest BCUT2D eigenvalue weighted by Crippen LogP contribution is -2.51. The maximum Gasteiger partial charge on any atom is 0.310 e. The van der Waals surface area contributed by atoms with Gasteiger partial charge in [0.05, 0.1) is 13.0 Å². The first-order valence-electron chi connectivity index (χ1n) is 13.1. The minimum atomic E-state index is -0.874. The van der Waals surface area contributed by atoms with E-state index in [1.165, 1.54) is 5.56 Å². The molecule has 3 heterocycles. The van der Waals surface area contributed by atoms with Crippen LogP contribution in [0, 0.1) is 0 Å². The molecule has 198 valence electrons. The van der Waals surface area contributed by atoms with E-state index in [4.69, 9.17) is 9.47 Å². The summed E-state index contributed by atoms with van der Waals surface area (Å²) in [6.45, 7) is 0.723. The SMILES string of the molecule is O=C1CC(NC(=O)[C@@H]2CCCN2C(=O)c2ncc(CCCc3ccccc3)[nH]2)C(OCc2ccccc2)O1. The average Bonchev–Trinajstić information content (AvgIpc) is 3.69. The largest absolute Gasteiger partial charge is 0.433 e. The topological polar surface area (TPSA) is 114 Å². The number of carbonyl (C=O) groups excluding carboxylic acids is 3. The van der Waals surface area contributed by atoms with Crippen molar-refractivity contribution in [1.82, 2.24) is 20.2 Å². The number of hydrogen-bond donors (Lipinski definition) is 2. The second-order valence-electron chi connectivity index (χ2n) is 9.73. The summed E-state index contributed by atoms with van der Waals surface area (Å²) in [6, 6.07) is 18.5. The number of aromatic nitrogens is 2. The van der Waals surface area contributed by atoms with Gasteiger partial charge in [-0.05, 0) is 43.2 Å². The summed E-state index contributed by atoms with van der Waals surface area (Å²) in [5, 5.41) is 2.89. The number of carbonyl (C=O) groups is 3. The second-order valence-corrected chi connectivity index (χ2v) is 9.73. The summed E-state index contributed by atoms with van der Waals surface area (Å²) in [6.07, 6.45) is 4.75. The first kappa shape index (κ1) is 25.7. The molecule has 1 aromatic heterocycles. The van der Waals surface area contributed by atoms with Crippen LogP contribution in [0.25, 0.3) is 0 Å². The third kappa shape index (κ3) is 6.28. The van der Waals surface area contributed by atoms with E-state index in [9.17, 15) is 14.4 Å². The number of nitrogens with one attached hydrogen (secondary N) is 2. The maximum absolute atomic E-state index is 13.2. The first-order valence-corrected chi connectivity index (χ1v) is 13.1. The van der Waals surface area contributed by atoms with Crippen molar-refractivity contribution in [3.05, 3.63) is 89.5 Å². The highest BCUT2D eigenvalue weighted by molar-refractivity contribution is 5.95. The lowest BCUT2D eigenvalue weighted by Gasteiger charge is -2.26. The van der Waals surface area contributed by atoms with Gasteiger partial charge in [-0.25, -0.2) is 4.98 Å². The van der Waals surface area contributed by atoms with E-state index in [0.717, 1.165) is 30.5 Å². The number of hydrogen-bond acceptors (Lipinski definition) is 6. The van der Waals surface area contributed by atoms with E-state index in [2.05, 4.69) is 27.4 Å². The van der Waals surface area contributed by atoms with Crippen LogP contribution in [0.1, 0.15) is 53.1 Å². The number of nitrogens with zero attached hydrogens (tertiary/aromatic N) is 2. The Bertz CT molecular complexity index is 1250. The minimum absolute atomic E-state index is 0.0242. The molecule has 9 nitrogen and oxygen atoms in total. The molecule has 2 aliphatic heterocycles. The van der Waals surface area contributed by atoms with Crippen LogP contribution < -0.4 is 5.32 Å². The predicted octanol–water partition coefficient (Wildman–Crippen LogP) is 3.16. The number of aromatic amines is 1. The molecule has 0 bridgehead atoms. The highest BCUT2D eigenvalue weighted by atomic mass is 16.7. The van der Waals surface area contributed by atoms with Gasteiger partial charge in [0.15, 0.2) is 5.82 Å². The fourth-order valence-electron chi connectivity index (χ4n) is 4.98. The van der Waals surface area contributed by atoms with E-state index in [0.29, 0.717) is 19.4 Å². The molecule has 2 saturated heterocycles. The van der Waals surface area contributed by atoms with Crippen LogP contribution in [0.4, 0.5) is 0 Å². The van der Waals surface area contributed by atoms with E-state index in [1.807, 2.05) is 48.5 Å². The molecule has 2 unspecified atom stereocenters. The van der Waals surface area contributed by atoms with E-state index in [1.54, 1.807) is 11.1 Å². The zero-order chi connectivity index (χ0) is 26.3. The fraction of sp³-hybridized carbons (Fsp3) is 0.379. The van der Waals surface area contributed by atoms with Gasteiger partial charge in [-0.15, -0.1) is 0 Å². The molecule has 2 amide bonds. The van der Waals surface area contributed by atoms with E-state index < -0.39 is 24.3 Å². The maximum atomic E-state index is 13.2. The van der Waals surface area contributed by atoms with Crippen molar-refractivity contribution in [2.45, 2.75) is 63.5 Å². The molecule has 0 radical (unpaired) electrons. The summed E-state index contributed by atoms with van der Waals surface area (Å²) in [5.74, 6) is -0.805. The molecule has 3 atom stereocenters. The standard InChI is InChI=1S/C29H32N4O5/c34-25-17-23(29(38-25)37-19-21-11-5-2-6-12-21)32-27(35)24-15-8-16-33(24)28(36)26-30-18-22(31-26)14-7-13-20-9-3-1-4-10-20/h1-6,9-12,18,23-24,29H,7-8,13-17,19H2,(H,30,31)(H,32,35)/t23?,24-,29?/m0/s1. The Labute approximate surface area is 221 Å². The minimum Gasteiger partial charge on any atom is -0.433 e. The van der Waals surface area contributed by atoms with Crippen molar-refractivity contribution in [1.29, 1.82) is 0 Å². The van der Waals surface area contributed by atoms with Gasteiger partial charge >= 0.3 is 5.97 Å². The smallest absolute Gasteiger partial charge is 0.310 e. The number of ether oxygens (including phenoxy) is 2. The number of aryl methyl sites for hydroxylation is 2. The summed E-state index contributed by atoms with van der Waals surface area (Å²) < 4.78 is 11.1. The molecule has 38 heavy (non-hydrogen) atoms. The number of cyclic esters (lactones) is 1. The van der Waals surface area contributed by atoms with Gasteiger partial charge in [-0.2, -0.15) is 0 Å². The average molecular weight is 517 g/mol. The van der Waals surface area contributed by atoms with Gasteiger partial charge in [0, 0.05) is 18.4 Å². The van der Waals surface area contributed by atoms with Crippen LogP contribution in [0.2, 0.25) is 0 Å². The Kier molecular flexibility index (Phi) is 8.13. The lowest BCUT2D eigenvalue weighted by molar-refractivity contribution is -0.168. The predicted molar refractivity (Wildman–Crippen MR) is 139 cm³/mol. The summed E-state index contributed by atoms with van der Waals surface area (Å²) in [4.78, 5) is 47.4. The van der Waals surface area contributed by atoms with Crippen molar-refractivity contribution < 1.29 is 23.9 Å². The van der Waals surface area contributed by atoms with Gasteiger partial charge in [-0.3, -0.25) is 14.4 Å². The lowest BCUT2D eigenvalue weighted by atomic mass is 10.1. The van der Waals surface area contributed by atoms with E-state index in [-0.39, 0.29) is 30.7 Å². The van der Waals surface area contributed by atoms with Crippen LogP contribution in [0.3, 0.4) is 0 Å². The van der Waals surface area contributed by atoms with Gasteiger partial charge in [-0.1, -0.05) is 60.7 Å². The zero-order valence-electron chi connectivity index (χ0n) is 21.2.